The van der Waals surface area contributed by atoms with Crippen LogP contribution in [0.1, 0.15) is 55.7 Å². The van der Waals surface area contributed by atoms with Crippen molar-refractivity contribution in [3.63, 3.8) is 0 Å². The van der Waals surface area contributed by atoms with Crippen LogP contribution in [-0.2, 0) is 20.8 Å². The molecule has 2 fully saturated rings. The topological polar surface area (TPSA) is 78.5 Å². The molecule has 2 aromatic rings. The lowest BCUT2D eigenvalue weighted by atomic mass is 10.0. The minimum absolute atomic E-state index is 0.0403. The summed E-state index contributed by atoms with van der Waals surface area (Å²) in [6, 6.07) is 15.6. The number of halogens is 1. The predicted octanol–water partition coefficient (Wildman–Crippen LogP) is 4.04. The Kier molecular flexibility index (Phi) is 8.22. The van der Waals surface area contributed by atoms with E-state index in [2.05, 4.69) is 10.6 Å². The van der Waals surface area contributed by atoms with Gasteiger partial charge in [0.05, 0.1) is 0 Å². The van der Waals surface area contributed by atoms with Gasteiger partial charge in [-0.05, 0) is 49.3 Å². The molecule has 1 aliphatic carbocycles. The van der Waals surface area contributed by atoms with Crippen molar-refractivity contribution in [1.29, 1.82) is 0 Å². The van der Waals surface area contributed by atoms with Crippen molar-refractivity contribution in [2.45, 2.75) is 57.0 Å². The Morgan fingerprint density at radius 1 is 0.912 bits per heavy atom. The Hall–Kier alpha value is -2.86. The first-order valence-electron chi connectivity index (χ1n) is 12.2. The van der Waals surface area contributed by atoms with E-state index in [0.717, 1.165) is 43.2 Å². The highest BCUT2D eigenvalue weighted by molar-refractivity contribution is 6.31. The number of carbonyl (C=O) groups is 3. The number of nitrogens with zero attached hydrogens (tertiary/aromatic N) is 1. The first kappa shape index (κ1) is 24.3. The van der Waals surface area contributed by atoms with E-state index >= 15 is 0 Å². The molecule has 2 N–H and O–H groups in total. The average Bonchev–Trinajstić information content (AvgIpc) is 3.56. The zero-order valence-electron chi connectivity index (χ0n) is 19.3. The molecule has 0 spiro atoms. The smallest absolute Gasteiger partial charge is 0.250 e. The Bertz CT molecular complexity index is 1010. The maximum Gasteiger partial charge on any atom is 0.250 e. The second-order valence-corrected chi connectivity index (χ2v) is 9.56. The van der Waals surface area contributed by atoms with E-state index in [1.165, 1.54) is 0 Å². The van der Waals surface area contributed by atoms with Gasteiger partial charge in [-0.25, -0.2) is 0 Å². The number of nitrogens with one attached hydrogen (secondary N) is 2. The van der Waals surface area contributed by atoms with Gasteiger partial charge in [0, 0.05) is 24.0 Å². The average molecular weight is 482 g/mol. The van der Waals surface area contributed by atoms with Crippen LogP contribution in [0.2, 0.25) is 5.02 Å². The van der Waals surface area contributed by atoms with E-state index in [-0.39, 0.29) is 23.6 Å². The molecule has 2 atom stereocenters. The summed E-state index contributed by atoms with van der Waals surface area (Å²) in [5.41, 5.74) is 1.71. The molecule has 1 saturated carbocycles. The lowest BCUT2D eigenvalue weighted by molar-refractivity contribution is -0.142. The summed E-state index contributed by atoms with van der Waals surface area (Å²) < 4.78 is 0. The zero-order valence-corrected chi connectivity index (χ0v) is 20.1. The van der Waals surface area contributed by atoms with Crippen LogP contribution in [0, 0.1) is 5.92 Å². The molecule has 0 aromatic heterocycles. The van der Waals surface area contributed by atoms with Crippen molar-refractivity contribution in [2.75, 3.05) is 13.1 Å². The number of hydrogen-bond donors (Lipinski definition) is 2. The Morgan fingerprint density at radius 3 is 2.35 bits per heavy atom. The highest BCUT2D eigenvalue weighted by Gasteiger charge is 2.38. The number of rotatable bonds is 8. The Balaban J connectivity index is 1.42. The van der Waals surface area contributed by atoms with Crippen LogP contribution in [0.15, 0.2) is 54.6 Å². The molecule has 3 amide bonds. The first-order chi connectivity index (χ1) is 16.5. The molecule has 6 nitrogen and oxygen atoms in total. The minimum atomic E-state index is -0.786. The van der Waals surface area contributed by atoms with Gasteiger partial charge < -0.3 is 15.5 Å². The van der Waals surface area contributed by atoms with E-state index in [1.807, 2.05) is 54.6 Å². The molecular formula is C27H32ClN3O3. The predicted molar refractivity (Wildman–Crippen MR) is 132 cm³/mol. The van der Waals surface area contributed by atoms with Gasteiger partial charge in [0.25, 0.3) is 0 Å². The molecule has 180 valence electrons. The number of hydrogen-bond acceptors (Lipinski definition) is 3. The van der Waals surface area contributed by atoms with E-state index < -0.39 is 12.1 Å². The van der Waals surface area contributed by atoms with Crippen LogP contribution in [0.3, 0.4) is 0 Å². The Labute approximate surface area is 206 Å². The van der Waals surface area contributed by atoms with Gasteiger partial charge >= 0.3 is 0 Å². The van der Waals surface area contributed by atoms with Crippen molar-refractivity contribution in [3.05, 3.63) is 70.7 Å². The number of amides is 3. The minimum Gasteiger partial charge on any atom is -0.354 e. The third-order valence-electron chi connectivity index (χ3n) is 6.88. The largest absolute Gasteiger partial charge is 0.354 e. The summed E-state index contributed by atoms with van der Waals surface area (Å²) >= 11 is 6.21. The van der Waals surface area contributed by atoms with E-state index in [4.69, 9.17) is 11.6 Å². The third kappa shape index (κ3) is 5.79. The summed E-state index contributed by atoms with van der Waals surface area (Å²) in [6.07, 6.45) is 5.81. The van der Waals surface area contributed by atoms with Crippen molar-refractivity contribution in [2.24, 2.45) is 5.92 Å². The number of benzene rings is 2. The van der Waals surface area contributed by atoms with Crippen molar-refractivity contribution in [3.8, 4) is 0 Å². The van der Waals surface area contributed by atoms with Crippen LogP contribution in [-0.4, -0.2) is 41.8 Å². The third-order valence-corrected chi connectivity index (χ3v) is 7.25. The summed E-state index contributed by atoms with van der Waals surface area (Å²) in [5, 5.41) is 6.66. The number of carbonyl (C=O) groups excluding carboxylic acids is 3. The maximum atomic E-state index is 13.7. The van der Waals surface area contributed by atoms with Crippen LogP contribution < -0.4 is 10.6 Å². The van der Waals surface area contributed by atoms with Crippen LogP contribution >= 0.6 is 11.6 Å². The summed E-state index contributed by atoms with van der Waals surface area (Å²) in [5.74, 6) is -0.491. The van der Waals surface area contributed by atoms with Crippen molar-refractivity contribution in [1.82, 2.24) is 15.5 Å². The molecule has 0 radical (unpaired) electrons. The van der Waals surface area contributed by atoms with E-state index in [1.54, 1.807) is 4.90 Å². The normalized spacial score (nSPS) is 19.1. The fourth-order valence-corrected chi connectivity index (χ4v) is 5.22. The molecule has 7 heteroatoms. The molecule has 1 heterocycles. The van der Waals surface area contributed by atoms with Gasteiger partial charge in [-0.15, -0.1) is 0 Å². The summed E-state index contributed by atoms with van der Waals surface area (Å²) in [7, 11) is 0. The SMILES string of the molecule is O=C(N[C@H](C(=O)N1CCC[C@H]1C(=O)NCCc1ccccc1Cl)c1ccccc1)C1CCCC1. The molecule has 1 aliphatic heterocycles. The molecule has 2 aliphatic rings. The van der Waals surface area contributed by atoms with Crippen LogP contribution in [0.5, 0.6) is 0 Å². The number of likely N-dealkylation sites (tertiary alicyclic amines) is 1. The van der Waals surface area contributed by atoms with Gasteiger partial charge in [-0.2, -0.15) is 0 Å². The summed E-state index contributed by atoms with van der Waals surface area (Å²) in [4.78, 5) is 41.2. The van der Waals surface area contributed by atoms with Gasteiger partial charge in [-0.3, -0.25) is 14.4 Å². The standard InChI is InChI=1S/C27H32ClN3O3/c28-22-14-7-6-9-19(22)16-17-29-26(33)23-15-8-18-31(23)27(34)24(20-10-2-1-3-11-20)30-25(32)21-12-4-5-13-21/h1-3,6-7,9-11,14,21,23-24H,4-5,8,12-13,15-18H2,(H,29,33)(H,30,32)/t23-,24-/m0/s1. The molecule has 4 rings (SSSR count). The first-order valence-corrected chi connectivity index (χ1v) is 12.6. The highest BCUT2D eigenvalue weighted by Crippen LogP contribution is 2.28. The highest BCUT2D eigenvalue weighted by atomic mass is 35.5. The van der Waals surface area contributed by atoms with Crippen molar-refractivity contribution < 1.29 is 14.4 Å². The molecular weight excluding hydrogens is 450 g/mol. The second-order valence-electron chi connectivity index (χ2n) is 9.16. The second kappa shape index (κ2) is 11.5. The molecule has 0 unspecified atom stereocenters. The maximum absolute atomic E-state index is 13.7. The lowest BCUT2D eigenvalue weighted by Gasteiger charge is -2.29. The monoisotopic (exact) mass is 481 g/mol. The zero-order chi connectivity index (χ0) is 23.9. The molecule has 2 aromatic carbocycles. The van der Waals surface area contributed by atoms with E-state index in [0.29, 0.717) is 31.0 Å². The van der Waals surface area contributed by atoms with E-state index in [9.17, 15) is 14.4 Å². The van der Waals surface area contributed by atoms with Gasteiger partial charge in [0.1, 0.15) is 12.1 Å². The summed E-state index contributed by atoms with van der Waals surface area (Å²) in [6.45, 7) is 0.950. The fourth-order valence-electron chi connectivity index (χ4n) is 4.99. The van der Waals surface area contributed by atoms with Gasteiger partial charge in [0.2, 0.25) is 17.7 Å². The van der Waals surface area contributed by atoms with Crippen molar-refractivity contribution >= 4 is 29.3 Å². The molecule has 34 heavy (non-hydrogen) atoms. The molecule has 1 saturated heterocycles. The fraction of sp³-hybridized carbons (Fsp3) is 0.444. The lowest BCUT2D eigenvalue weighted by Crippen LogP contribution is -2.50. The molecule has 0 bridgehead atoms. The quantitative estimate of drug-likeness (QED) is 0.597. The van der Waals surface area contributed by atoms with Gasteiger partial charge in [0.15, 0.2) is 0 Å². The van der Waals surface area contributed by atoms with Crippen LogP contribution in [0.25, 0.3) is 0 Å². The van der Waals surface area contributed by atoms with Crippen LogP contribution in [0.4, 0.5) is 0 Å². The van der Waals surface area contributed by atoms with Gasteiger partial charge in [-0.1, -0.05) is 73.0 Å². The Morgan fingerprint density at radius 2 is 1.62 bits per heavy atom.